The molecule has 0 unspecified atom stereocenters. The summed E-state index contributed by atoms with van der Waals surface area (Å²) in [4.78, 5) is 17.9. The first-order valence-electron chi connectivity index (χ1n) is 11.5. The van der Waals surface area contributed by atoms with Crippen molar-refractivity contribution in [1.82, 2.24) is 24.8 Å². The smallest absolute Gasteiger partial charge is 0.228 e. The predicted octanol–water partition coefficient (Wildman–Crippen LogP) is 4.37. The summed E-state index contributed by atoms with van der Waals surface area (Å²) in [6.07, 6.45) is 6.88. The van der Waals surface area contributed by atoms with Gasteiger partial charge in [0.15, 0.2) is 0 Å². The van der Waals surface area contributed by atoms with Crippen molar-refractivity contribution < 1.29 is 0 Å². The molecule has 0 amide bonds. The molecule has 1 heterocycles. The van der Waals surface area contributed by atoms with Crippen molar-refractivity contribution >= 4 is 23.5 Å². The molecule has 0 aliphatic rings. The van der Waals surface area contributed by atoms with E-state index in [2.05, 4.69) is 63.1 Å². The van der Waals surface area contributed by atoms with Gasteiger partial charge in [-0.3, -0.25) is 0 Å². The molecule has 0 spiro atoms. The highest BCUT2D eigenvalue weighted by Gasteiger charge is 2.07. The maximum absolute atomic E-state index is 6.08. The zero-order valence-corrected chi connectivity index (χ0v) is 19.8. The van der Waals surface area contributed by atoms with Crippen molar-refractivity contribution in [3.8, 4) is 0 Å². The fraction of sp³-hybridized carbons (Fsp3) is 0.857. The zero-order valence-electron chi connectivity index (χ0n) is 19.0. The zero-order chi connectivity index (χ0) is 21.3. The lowest BCUT2D eigenvalue weighted by molar-refractivity contribution is 0.274. The summed E-state index contributed by atoms with van der Waals surface area (Å²) in [7, 11) is 0. The largest absolute Gasteiger partial charge is 0.354 e. The average molecular weight is 428 g/mol. The highest BCUT2D eigenvalue weighted by atomic mass is 35.5. The second-order valence-electron chi connectivity index (χ2n) is 7.50. The first-order valence-corrected chi connectivity index (χ1v) is 11.8. The second kappa shape index (κ2) is 16.6. The number of rotatable bonds is 18. The number of nitrogens with zero attached hydrogens (tertiary/aromatic N) is 5. The molecule has 0 aromatic carbocycles. The molecule has 0 fully saturated rings. The van der Waals surface area contributed by atoms with Gasteiger partial charge in [0.1, 0.15) is 0 Å². The van der Waals surface area contributed by atoms with Crippen molar-refractivity contribution in [3.05, 3.63) is 5.28 Å². The Labute approximate surface area is 183 Å². The van der Waals surface area contributed by atoms with Crippen LogP contribution in [0.1, 0.15) is 66.2 Å². The van der Waals surface area contributed by atoms with Crippen molar-refractivity contribution in [2.45, 2.75) is 66.2 Å². The summed E-state index contributed by atoms with van der Waals surface area (Å²) in [5.74, 6) is 1.09. The number of hydrogen-bond acceptors (Lipinski definition) is 7. The Morgan fingerprint density at radius 3 is 1.34 bits per heavy atom. The first kappa shape index (κ1) is 25.9. The van der Waals surface area contributed by atoms with Gasteiger partial charge in [-0.1, -0.05) is 27.7 Å². The van der Waals surface area contributed by atoms with Crippen LogP contribution in [0.25, 0.3) is 0 Å². The lowest BCUT2D eigenvalue weighted by Crippen LogP contribution is -2.28. The molecular formula is C21H42ClN7. The van der Waals surface area contributed by atoms with Gasteiger partial charge < -0.3 is 20.4 Å². The van der Waals surface area contributed by atoms with Gasteiger partial charge >= 0.3 is 0 Å². The molecule has 0 saturated heterocycles. The van der Waals surface area contributed by atoms with Gasteiger partial charge in [-0.25, -0.2) is 0 Å². The van der Waals surface area contributed by atoms with Crippen LogP contribution in [0.4, 0.5) is 11.9 Å². The van der Waals surface area contributed by atoms with Gasteiger partial charge in [0.25, 0.3) is 0 Å². The normalized spacial score (nSPS) is 11.4. The van der Waals surface area contributed by atoms with E-state index in [1.54, 1.807) is 0 Å². The summed E-state index contributed by atoms with van der Waals surface area (Å²) in [6, 6.07) is 0. The molecule has 8 heteroatoms. The van der Waals surface area contributed by atoms with Crippen LogP contribution >= 0.6 is 11.6 Å². The van der Waals surface area contributed by atoms with E-state index in [4.69, 9.17) is 11.6 Å². The second-order valence-corrected chi connectivity index (χ2v) is 7.83. The van der Waals surface area contributed by atoms with Crippen LogP contribution in [0.2, 0.25) is 5.28 Å². The van der Waals surface area contributed by atoms with Gasteiger partial charge in [0.05, 0.1) is 0 Å². The quantitative estimate of drug-likeness (QED) is 0.337. The summed E-state index contributed by atoms with van der Waals surface area (Å²) in [6.45, 7) is 17.4. The molecule has 168 valence electrons. The van der Waals surface area contributed by atoms with Crippen molar-refractivity contribution in [3.63, 3.8) is 0 Å². The average Bonchev–Trinajstić information content (AvgIpc) is 2.69. The molecule has 1 aromatic rings. The number of halogens is 1. The molecule has 7 nitrogen and oxygen atoms in total. The van der Waals surface area contributed by atoms with Crippen LogP contribution in [0.3, 0.4) is 0 Å². The molecule has 1 rings (SSSR count). The highest BCUT2D eigenvalue weighted by Crippen LogP contribution is 2.10. The van der Waals surface area contributed by atoms with Crippen LogP contribution in [0.5, 0.6) is 0 Å². The van der Waals surface area contributed by atoms with Gasteiger partial charge in [-0.05, 0) is 89.4 Å². The third-order valence-electron chi connectivity index (χ3n) is 4.64. The monoisotopic (exact) mass is 427 g/mol. The third kappa shape index (κ3) is 12.2. The van der Waals surface area contributed by atoms with E-state index in [0.717, 1.165) is 65.2 Å². The molecule has 0 atom stereocenters. The van der Waals surface area contributed by atoms with Crippen LogP contribution in [-0.2, 0) is 0 Å². The topological polar surface area (TPSA) is 69.2 Å². The molecule has 0 aliphatic carbocycles. The molecule has 0 aliphatic heterocycles. The standard InChI is InChI=1S/C21H42ClN7/c1-5-13-28(14-6-2)17-9-11-23-20-25-19(22)26-21(27-20)24-12-10-18-29(15-7-3)16-8-4/h5-18H2,1-4H3,(H2,23,24,25,26,27). The van der Waals surface area contributed by atoms with E-state index < -0.39 is 0 Å². The first-order chi connectivity index (χ1) is 14.1. The predicted molar refractivity (Wildman–Crippen MR) is 125 cm³/mol. The number of hydrogen-bond donors (Lipinski definition) is 2. The number of anilines is 2. The Kier molecular flexibility index (Phi) is 14.8. The Morgan fingerprint density at radius 1 is 0.621 bits per heavy atom. The maximum atomic E-state index is 6.08. The number of nitrogens with one attached hydrogen (secondary N) is 2. The van der Waals surface area contributed by atoms with E-state index in [0.29, 0.717) is 11.9 Å². The van der Waals surface area contributed by atoms with Crippen LogP contribution in [0, 0.1) is 0 Å². The van der Waals surface area contributed by atoms with E-state index >= 15 is 0 Å². The molecule has 0 radical (unpaired) electrons. The molecular weight excluding hydrogens is 386 g/mol. The molecule has 29 heavy (non-hydrogen) atoms. The summed E-state index contributed by atoms with van der Waals surface area (Å²) in [5, 5.41) is 6.80. The van der Waals surface area contributed by atoms with Crippen molar-refractivity contribution in [2.24, 2.45) is 0 Å². The molecule has 1 aromatic heterocycles. The van der Waals surface area contributed by atoms with Crippen molar-refractivity contribution in [2.75, 3.05) is 63.0 Å². The van der Waals surface area contributed by atoms with Gasteiger partial charge in [-0.2, -0.15) is 15.0 Å². The van der Waals surface area contributed by atoms with Crippen LogP contribution in [-0.4, -0.2) is 77.1 Å². The minimum atomic E-state index is 0.224. The minimum absolute atomic E-state index is 0.224. The molecule has 0 saturated carbocycles. The highest BCUT2D eigenvalue weighted by molar-refractivity contribution is 6.28. The van der Waals surface area contributed by atoms with E-state index in [1.807, 2.05) is 0 Å². The lowest BCUT2D eigenvalue weighted by Gasteiger charge is -2.21. The van der Waals surface area contributed by atoms with Gasteiger partial charge in [0, 0.05) is 13.1 Å². The molecule has 2 N–H and O–H groups in total. The Bertz CT molecular complexity index is 476. The minimum Gasteiger partial charge on any atom is -0.354 e. The Hall–Kier alpha value is -1.18. The summed E-state index contributed by atoms with van der Waals surface area (Å²) < 4.78 is 0. The lowest BCUT2D eigenvalue weighted by atomic mass is 10.3. The maximum Gasteiger partial charge on any atom is 0.228 e. The van der Waals surface area contributed by atoms with E-state index in [-0.39, 0.29) is 5.28 Å². The van der Waals surface area contributed by atoms with Gasteiger partial charge in [-0.15, -0.1) is 0 Å². The number of aromatic nitrogens is 3. The van der Waals surface area contributed by atoms with E-state index in [1.165, 1.54) is 25.7 Å². The van der Waals surface area contributed by atoms with Crippen LogP contribution in [0.15, 0.2) is 0 Å². The SMILES string of the molecule is CCCN(CCC)CCCNc1nc(Cl)nc(NCCCN(CCC)CCC)n1. The fourth-order valence-corrected chi connectivity index (χ4v) is 3.61. The molecule has 0 bridgehead atoms. The summed E-state index contributed by atoms with van der Waals surface area (Å²) >= 11 is 6.08. The van der Waals surface area contributed by atoms with Gasteiger partial charge in [0.2, 0.25) is 17.2 Å². The van der Waals surface area contributed by atoms with Crippen molar-refractivity contribution in [1.29, 1.82) is 0 Å². The third-order valence-corrected chi connectivity index (χ3v) is 4.80. The Morgan fingerprint density at radius 2 is 1.00 bits per heavy atom. The summed E-state index contributed by atoms with van der Waals surface area (Å²) in [5.41, 5.74) is 0. The fourth-order valence-electron chi connectivity index (χ4n) is 3.45. The van der Waals surface area contributed by atoms with Crippen LogP contribution < -0.4 is 10.6 Å². The Balaban J connectivity index is 2.38. The van der Waals surface area contributed by atoms with E-state index in [9.17, 15) is 0 Å².